The second kappa shape index (κ2) is 6.30. The van der Waals surface area contributed by atoms with Crippen LogP contribution in [0.3, 0.4) is 0 Å². The minimum atomic E-state index is -0.703. The number of rotatable bonds is 3. The van der Waals surface area contributed by atoms with Crippen molar-refractivity contribution in [2.45, 2.75) is 37.3 Å². The molecule has 0 aromatic heterocycles. The molecule has 5 heteroatoms. The van der Waals surface area contributed by atoms with Crippen molar-refractivity contribution in [3.05, 3.63) is 29.6 Å². The van der Waals surface area contributed by atoms with Crippen LogP contribution in [0.1, 0.15) is 37.3 Å². The zero-order valence-electron chi connectivity index (χ0n) is 12.1. The van der Waals surface area contributed by atoms with E-state index in [2.05, 4.69) is 5.32 Å². The molecule has 1 aromatic rings. The van der Waals surface area contributed by atoms with Gasteiger partial charge in [0.2, 0.25) is 0 Å². The molecular formula is C16H22FNO3. The molecule has 0 saturated carbocycles. The highest BCUT2D eigenvalue weighted by Gasteiger charge is 2.31. The smallest absolute Gasteiger partial charge is 0.126 e. The summed E-state index contributed by atoms with van der Waals surface area (Å²) in [6.45, 7) is 2.34. The maximum atomic E-state index is 13.3. The van der Waals surface area contributed by atoms with Crippen LogP contribution in [0.5, 0.6) is 5.75 Å². The summed E-state index contributed by atoms with van der Waals surface area (Å²) in [7, 11) is 0. The van der Waals surface area contributed by atoms with Gasteiger partial charge in [-0.25, -0.2) is 4.39 Å². The number of nitrogens with one attached hydrogen (secondary N) is 1. The molecule has 2 heterocycles. The minimum absolute atomic E-state index is 0.0926. The first kappa shape index (κ1) is 14.8. The molecule has 116 valence electrons. The first-order valence-corrected chi connectivity index (χ1v) is 7.62. The third-order valence-corrected chi connectivity index (χ3v) is 4.35. The number of benzene rings is 1. The van der Waals surface area contributed by atoms with Crippen LogP contribution in [0.2, 0.25) is 0 Å². The van der Waals surface area contributed by atoms with Gasteiger partial charge in [-0.15, -0.1) is 0 Å². The fourth-order valence-corrected chi connectivity index (χ4v) is 3.00. The molecule has 2 aliphatic rings. The van der Waals surface area contributed by atoms with E-state index in [1.54, 1.807) is 6.07 Å². The summed E-state index contributed by atoms with van der Waals surface area (Å²) in [5.74, 6) is 0.335. The van der Waals surface area contributed by atoms with Gasteiger partial charge in [0.1, 0.15) is 11.6 Å². The zero-order valence-corrected chi connectivity index (χ0v) is 12.1. The van der Waals surface area contributed by atoms with E-state index in [0.717, 1.165) is 18.4 Å². The van der Waals surface area contributed by atoms with Crippen LogP contribution in [0, 0.1) is 5.82 Å². The van der Waals surface area contributed by atoms with Crippen LogP contribution in [0.25, 0.3) is 0 Å². The van der Waals surface area contributed by atoms with Gasteiger partial charge < -0.3 is 19.9 Å². The summed E-state index contributed by atoms with van der Waals surface area (Å²) in [5.41, 5.74) is 0.274. The molecule has 0 unspecified atom stereocenters. The lowest BCUT2D eigenvalue weighted by Crippen LogP contribution is -2.45. The summed E-state index contributed by atoms with van der Waals surface area (Å²) in [5, 5.41) is 14.0. The van der Waals surface area contributed by atoms with E-state index in [4.69, 9.17) is 9.47 Å². The molecule has 2 N–H and O–H groups in total. The average Bonchev–Trinajstić information content (AvgIpc) is 2.67. The Morgan fingerprint density at radius 1 is 1.29 bits per heavy atom. The standard InChI is InChI=1S/C16H22FNO3/c17-12-3-4-13-14(2-1-7-21-15(13)10-12)18-11-16(19)5-8-20-9-6-16/h3-4,10,14,18-19H,1-2,5-9,11H2/t14-/m0/s1. The van der Waals surface area contributed by atoms with Gasteiger partial charge in [0.25, 0.3) is 0 Å². The SMILES string of the molecule is OC1(CN[C@H]2CCCOc3cc(F)ccc32)CCOCC1. The van der Waals surface area contributed by atoms with Crippen LogP contribution in [-0.4, -0.2) is 37.1 Å². The Kier molecular flexibility index (Phi) is 4.42. The topological polar surface area (TPSA) is 50.7 Å². The number of hydrogen-bond donors (Lipinski definition) is 2. The van der Waals surface area contributed by atoms with Gasteiger partial charge in [-0.05, 0) is 18.9 Å². The van der Waals surface area contributed by atoms with Gasteiger partial charge in [-0.2, -0.15) is 0 Å². The molecule has 1 atom stereocenters. The quantitative estimate of drug-likeness (QED) is 0.897. The summed E-state index contributed by atoms with van der Waals surface area (Å²) < 4.78 is 24.2. The second-order valence-electron chi connectivity index (χ2n) is 5.94. The second-order valence-corrected chi connectivity index (χ2v) is 5.94. The molecule has 2 aliphatic heterocycles. The molecule has 1 aromatic carbocycles. The first-order valence-electron chi connectivity index (χ1n) is 7.62. The summed E-state index contributed by atoms with van der Waals surface area (Å²) in [6, 6.07) is 4.78. The first-order chi connectivity index (χ1) is 10.2. The molecule has 1 fully saturated rings. The van der Waals surface area contributed by atoms with E-state index in [9.17, 15) is 9.50 Å². The summed E-state index contributed by atoms with van der Waals surface area (Å²) >= 11 is 0. The Morgan fingerprint density at radius 3 is 2.90 bits per heavy atom. The molecule has 0 bridgehead atoms. The highest BCUT2D eigenvalue weighted by Crippen LogP contribution is 2.32. The third-order valence-electron chi connectivity index (χ3n) is 4.35. The normalized spacial score (nSPS) is 24.8. The lowest BCUT2D eigenvalue weighted by molar-refractivity contribution is -0.0629. The Morgan fingerprint density at radius 2 is 2.10 bits per heavy atom. The van der Waals surface area contributed by atoms with Crippen molar-refractivity contribution in [2.75, 3.05) is 26.4 Å². The summed E-state index contributed by atoms with van der Waals surface area (Å²) in [6.07, 6.45) is 3.14. The van der Waals surface area contributed by atoms with Crippen LogP contribution in [0.4, 0.5) is 4.39 Å². The van der Waals surface area contributed by atoms with E-state index in [1.165, 1.54) is 12.1 Å². The molecule has 0 spiro atoms. The molecule has 0 radical (unpaired) electrons. The highest BCUT2D eigenvalue weighted by molar-refractivity contribution is 5.37. The molecule has 21 heavy (non-hydrogen) atoms. The summed E-state index contributed by atoms with van der Waals surface area (Å²) in [4.78, 5) is 0. The van der Waals surface area contributed by atoms with E-state index in [1.807, 2.05) is 0 Å². The van der Waals surface area contributed by atoms with Crippen LogP contribution >= 0.6 is 0 Å². The van der Waals surface area contributed by atoms with Gasteiger partial charge in [0, 0.05) is 50.3 Å². The van der Waals surface area contributed by atoms with Crippen LogP contribution in [0.15, 0.2) is 18.2 Å². The van der Waals surface area contributed by atoms with Gasteiger partial charge in [-0.3, -0.25) is 0 Å². The van der Waals surface area contributed by atoms with Gasteiger partial charge in [0.05, 0.1) is 12.2 Å². The molecule has 0 amide bonds. The van der Waals surface area contributed by atoms with Crippen molar-refractivity contribution in [3.8, 4) is 5.75 Å². The van der Waals surface area contributed by atoms with Gasteiger partial charge >= 0.3 is 0 Å². The van der Waals surface area contributed by atoms with Crippen molar-refractivity contribution in [3.63, 3.8) is 0 Å². The number of hydrogen-bond acceptors (Lipinski definition) is 4. The lowest BCUT2D eigenvalue weighted by atomic mass is 9.93. The molecule has 4 nitrogen and oxygen atoms in total. The van der Waals surface area contributed by atoms with Crippen molar-refractivity contribution in [1.82, 2.24) is 5.32 Å². The van der Waals surface area contributed by atoms with Crippen molar-refractivity contribution >= 4 is 0 Å². The fraction of sp³-hybridized carbons (Fsp3) is 0.625. The van der Waals surface area contributed by atoms with Crippen molar-refractivity contribution in [1.29, 1.82) is 0 Å². The van der Waals surface area contributed by atoms with E-state index in [0.29, 0.717) is 45.0 Å². The third kappa shape index (κ3) is 3.54. The number of fused-ring (bicyclic) bond motifs is 1. The fourth-order valence-electron chi connectivity index (χ4n) is 3.00. The molecule has 3 rings (SSSR count). The van der Waals surface area contributed by atoms with Crippen LogP contribution in [-0.2, 0) is 4.74 Å². The maximum absolute atomic E-state index is 13.3. The monoisotopic (exact) mass is 295 g/mol. The number of halogens is 1. The highest BCUT2D eigenvalue weighted by atomic mass is 19.1. The predicted molar refractivity (Wildman–Crippen MR) is 76.9 cm³/mol. The molecular weight excluding hydrogens is 273 g/mol. The predicted octanol–water partition coefficient (Wildman–Crippen LogP) is 2.17. The van der Waals surface area contributed by atoms with E-state index in [-0.39, 0.29) is 11.9 Å². The minimum Gasteiger partial charge on any atom is -0.493 e. The maximum Gasteiger partial charge on any atom is 0.126 e. The van der Waals surface area contributed by atoms with E-state index < -0.39 is 5.60 Å². The van der Waals surface area contributed by atoms with Crippen molar-refractivity contribution < 1.29 is 19.0 Å². The van der Waals surface area contributed by atoms with Crippen LogP contribution < -0.4 is 10.1 Å². The van der Waals surface area contributed by atoms with E-state index >= 15 is 0 Å². The van der Waals surface area contributed by atoms with Gasteiger partial charge in [0.15, 0.2) is 0 Å². The Hall–Kier alpha value is -1.17. The zero-order chi connectivity index (χ0) is 14.7. The largest absolute Gasteiger partial charge is 0.493 e. The number of ether oxygens (including phenoxy) is 2. The Balaban J connectivity index is 1.70. The molecule has 1 saturated heterocycles. The number of aliphatic hydroxyl groups is 1. The van der Waals surface area contributed by atoms with Crippen molar-refractivity contribution in [2.24, 2.45) is 0 Å². The Labute approximate surface area is 124 Å². The lowest BCUT2D eigenvalue weighted by Gasteiger charge is -2.33. The Bertz CT molecular complexity index is 488. The average molecular weight is 295 g/mol. The molecule has 0 aliphatic carbocycles. The van der Waals surface area contributed by atoms with Gasteiger partial charge in [-0.1, -0.05) is 6.07 Å².